The number of nitrogens with one attached hydrogen (secondary N) is 2. The number of aromatic nitrogens is 1. The number of hydrogen-bond acceptors (Lipinski definition) is 5. The van der Waals surface area contributed by atoms with E-state index in [1.165, 1.54) is 7.11 Å². The van der Waals surface area contributed by atoms with E-state index in [-0.39, 0.29) is 41.2 Å². The normalized spacial score (nSPS) is 31.6. The summed E-state index contributed by atoms with van der Waals surface area (Å²) in [7, 11) is 1.52. The van der Waals surface area contributed by atoms with E-state index < -0.39 is 5.60 Å². The smallest absolute Gasteiger partial charge is 0.246 e. The predicted molar refractivity (Wildman–Crippen MR) is 118 cm³/mol. The van der Waals surface area contributed by atoms with Gasteiger partial charge in [-0.15, -0.1) is 0 Å². The molecule has 2 fully saturated rings. The van der Waals surface area contributed by atoms with Crippen molar-refractivity contribution in [2.45, 2.75) is 77.5 Å². The third-order valence-corrected chi connectivity index (χ3v) is 7.48. The van der Waals surface area contributed by atoms with E-state index in [2.05, 4.69) is 29.5 Å². The molecule has 2 amide bonds. The van der Waals surface area contributed by atoms with Gasteiger partial charge in [-0.1, -0.05) is 19.9 Å². The average molecular weight is 432 g/mol. The summed E-state index contributed by atoms with van der Waals surface area (Å²) in [6.07, 6.45) is 7.53. The van der Waals surface area contributed by atoms with Gasteiger partial charge in [-0.05, 0) is 67.4 Å². The van der Waals surface area contributed by atoms with E-state index >= 15 is 0 Å². The molecule has 31 heavy (non-hydrogen) atoms. The lowest BCUT2D eigenvalue weighted by atomic mass is 9.57. The number of carbonyl (C=O) groups excluding carboxylic acids is 2. The minimum atomic E-state index is -0.709. The minimum absolute atomic E-state index is 0.000913. The van der Waals surface area contributed by atoms with Gasteiger partial charge < -0.3 is 20.5 Å². The number of hydrogen-bond donors (Lipinski definition) is 3. The van der Waals surface area contributed by atoms with Crippen molar-refractivity contribution < 1.29 is 19.4 Å². The molecule has 7 heteroatoms. The Morgan fingerprint density at radius 1 is 1.23 bits per heavy atom. The molecule has 7 nitrogen and oxygen atoms in total. The summed E-state index contributed by atoms with van der Waals surface area (Å²) >= 11 is 0. The molecule has 0 radical (unpaired) electrons. The zero-order chi connectivity index (χ0) is 22.7. The lowest BCUT2D eigenvalue weighted by Gasteiger charge is -2.50. The molecule has 3 N–H and O–H groups in total. The van der Waals surface area contributed by atoms with Gasteiger partial charge in [0.1, 0.15) is 6.61 Å². The maximum Gasteiger partial charge on any atom is 0.246 e. The first-order valence-corrected chi connectivity index (χ1v) is 11.2. The van der Waals surface area contributed by atoms with E-state index in [9.17, 15) is 14.7 Å². The Hall–Kier alpha value is -1.99. The number of methoxy groups -OCH3 is 1. The third-order valence-electron chi connectivity index (χ3n) is 7.48. The van der Waals surface area contributed by atoms with Crippen molar-refractivity contribution in [3.05, 3.63) is 30.1 Å². The van der Waals surface area contributed by atoms with Crippen molar-refractivity contribution in [2.75, 3.05) is 13.7 Å². The molecule has 0 spiro atoms. The van der Waals surface area contributed by atoms with E-state index in [0.717, 1.165) is 18.4 Å². The Morgan fingerprint density at radius 2 is 2.00 bits per heavy atom. The van der Waals surface area contributed by atoms with Crippen LogP contribution in [0.4, 0.5) is 0 Å². The number of amides is 2. The van der Waals surface area contributed by atoms with Gasteiger partial charge in [0, 0.05) is 38.5 Å². The summed E-state index contributed by atoms with van der Waals surface area (Å²) in [5.74, 6) is 0.102. The van der Waals surface area contributed by atoms with E-state index in [1.54, 1.807) is 12.4 Å². The van der Waals surface area contributed by atoms with Crippen molar-refractivity contribution in [3.63, 3.8) is 0 Å². The second-order valence-corrected chi connectivity index (χ2v) is 10.4. The first kappa shape index (κ1) is 23.7. The fourth-order valence-electron chi connectivity index (χ4n) is 5.94. The van der Waals surface area contributed by atoms with Crippen molar-refractivity contribution in [1.29, 1.82) is 0 Å². The zero-order valence-electron chi connectivity index (χ0n) is 19.2. The van der Waals surface area contributed by atoms with Crippen molar-refractivity contribution in [1.82, 2.24) is 15.6 Å². The van der Waals surface area contributed by atoms with Gasteiger partial charge in [-0.25, -0.2) is 0 Å². The monoisotopic (exact) mass is 431 g/mol. The molecule has 0 bridgehead atoms. The first-order valence-electron chi connectivity index (χ1n) is 11.2. The minimum Gasteiger partial charge on any atom is -0.390 e. The molecule has 0 saturated heterocycles. The Balaban J connectivity index is 1.74. The maximum absolute atomic E-state index is 12.7. The summed E-state index contributed by atoms with van der Waals surface area (Å²) in [6.45, 7) is 6.83. The number of fused-ring (bicyclic) bond motifs is 1. The highest BCUT2D eigenvalue weighted by atomic mass is 16.5. The molecule has 172 valence electrons. The van der Waals surface area contributed by atoms with Crippen LogP contribution in [-0.4, -0.2) is 47.3 Å². The highest BCUT2D eigenvalue weighted by Crippen LogP contribution is 2.63. The van der Waals surface area contributed by atoms with Crippen LogP contribution in [0.25, 0.3) is 0 Å². The van der Waals surface area contributed by atoms with Gasteiger partial charge in [0.05, 0.1) is 5.60 Å². The zero-order valence-corrected chi connectivity index (χ0v) is 19.2. The quantitative estimate of drug-likeness (QED) is 0.587. The topological polar surface area (TPSA) is 101 Å². The Morgan fingerprint density at radius 3 is 2.68 bits per heavy atom. The van der Waals surface area contributed by atoms with Gasteiger partial charge in [0.25, 0.3) is 0 Å². The van der Waals surface area contributed by atoms with Crippen molar-refractivity contribution in [3.8, 4) is 0 Å². The molecule has 1 heterocycles. The summed E-state index contributed by atoms with van der Waals surface area (Å²) in [5, 5.41) is 17.0. The van der Waals surface area contributed by atoms with Crippen LogP contribution in [0, 0.1) is 16.7 Å². The standard InChI is InChI=1S/C24H37N3O4/c1-22(2)13-19(27-21(29)16-31-4)24(10-9-23(3,30)12-18(22)24)8-7-20(28)26-15-17-6-5-11-25-14-17/h5-6,11,14,18-19,30H,7-10,12-13,15-16H2,1-4H3,(H,26,28)(H,27,29)/t18-,19-,23-,24-/m0/s1. The molecular weight excluding hydrogens is 394 g/mol. The molecule has 2 aliphatic carbocycles. The fourth-order valence-corrected chi connectivity index (χ4v) is 5.94. The van der Waals surface area contributed by atoms with E-state index in [4.69, 9.17) is 4.74 Å². The summed E-state index contributed by atoms with van der Waals surface area (Å²) < 4.78 is 5.02. The lowest BCUT2D eigenvalue weighted by molar-refractivity contribution is -0.128. The second kappa shape index (κ2) is 9.25. The van der Waals surface area contributed by atoms with Crippen LogP contribution in [0.3, 0.4) is 0 Å². The van der Waals surface area contributed by atoms with Crippen LogP contribution in [0.2, 0.25) is 0 Å². The average Bonchev–Trinajstić information content (AvgIpc) is 2.91. The molecule has 2 aliphatic rings. The molecular formula is C24H37N3O4. The second-order valence-electron chi connectivity index (χ2n) is 10.4. The number of carbonyl (C=O) groups is 2. The molecule has 1 aromatic heterocycles. The highest BCUT2D eigenvalue weighted by Gasteiger charge is 2.61. The third kappa shape index (κ3) is 5.44. The van der Waals surface area contributed by atoms with Gasteiger partial charge in [-0.3, -0.25) is 14.6 Å². The number of nitrogens with zero attached hydrogens (tertiary/aromatic N) is 1. The molecule has 2 saturated carbocycles. The molecule has 0 aliphatic heterocycles. The Kier molecular flexibility index (Phi) is 7.06. The van der Waals surface area contributed by atoms with Gasteiger partial charge >= 0.3 is 0 Å². The molecule has 3 rings (SSSR count). The van der Waals surface area contributed by atoms with E-state index in [1.807, 2.05) is 19.1 Å². The number of aliphatic hydroxyl groups is 1. The number of rotatable bonds is 8. The van der Waals surface area contributed by atoms with E-state index in [0.29, 0.717) is 32.2 Å². The summed E-state index contributed by atoms with van der Waals surface area (Å²) in [4.78, 5) is 29.1. The Bertz CT molecular complexity index is 780. The van der Waals surface area contributed by atoms with Crippen LogP contribution < -0.4 is 10.6 Å². The number of ether oxygens (including phenoxy) is 1. The predicted octanol–water partition coefficient (Wildman–Crippen LogP) is 2.58. The maximum atomic E-state index is 12.7. The fraction of sp³-hybridized carbons (Fsp3) is 0.708. The Labute approximate surface area is 185 Å². The van der Waals surface area contributed by atoms with Crippen LogP contribution in [-0.2, 0) is 20.9 Å². The summed E-state index contributed by atoms with van der Waals surface area (Å²) in [5.41, 5.74) is 0.00858. The van der Waals surface area contributed by atoms with Gasteiger partial charge in [-0.2, -0.15) is 0 Å². The highest BCUT2D eigenvalue weighted by molar-refractivity contribution is 5.78. The molecule has 0 aromatic carbocycles. The largest absolute Gasteiger partial charge is 0.390 e. The lowest BCUT2D eigenvalue weighted by Crippen LogP contribution is -2.53. The summed E-state index contributed by atoms with van der Waals surface area (Å²) in [6, 6.07) is 3.76. The molecule has 4 atom stereocenters. The SMILES string of the molecule is COCC(=O)N[C@H]1CC(C)(C)[C@@H]2C[C@@](C)(O)CC[C@]12CCC(=O)NCc1cccnc1. The van der Waals surface area contributed by atoms with Crippen LogP contribution >= 0.6 is 0 Å². The van der Waals surface area contributed by atoms with Crippen LogP contribution in [0.1, 0.15) is 64.9 Å². The van der Waals surface area contributed by atoms with Gasteiger partial charge in [0.2, 0.25) is 11.8 Å². The van der Waals surface area contributed by atoms with Crippen molar-refractivity contribution in [2.24, 2.45) is 16.7 Å². The van der Waals surface area contributed by atoms with Crippen LogP contribution in [0.15, 0.2) is 24.5 Å². The molecule has 0 unspecified atom stereocenters. The first-order chi connectivity index (χ1) is 14.6. The van der Waals surface area contributed by atoms with Gasteiger partial charge in [0.15, 0.2) is 0 Å². The van der Waals surface area contributed by atoms with Crippen LogP contribution in [0.5, 0.6) is 0 Å². The number of pyridine rings is 1. The molecule has 1 aromatic rings. The van der Waals surface area contributed by atoms with Crippen molar-refractivity contribution >= 4 is 11.8 Å².